The van der Waals surface area contributed by atoms with E-state index in [0.717, 1.165) is 32.6 Å². The minimum atomic E-state index is -0.854. The van der Waals surface area contributed by atoms with Crippen LogP contribution in [0.2, 0.25) is 0 Å². The van der Waals surface area contributed by atoms with Crippen molar-refractivity contribution in [2.45, 2.75) is 26.5 Å². The number of ketones is 1. The summed E-state index contributed by atoms with van der Waals surface area (Å²) in [6.07, 6.45) is 0. The van der Waals surface area contributed by atoms with Gasteiger partial charge in [0.15, 0.2) is 5.13 Å². The van der Waals surface area contributed by atoms with Gasteiger partial charge in [0.2, 0.25) is 0 Å². The number of rotatable bonds is 7. The zero-order chi connectivity index (χ0) is 30.2. The molecule has 8 heteroatoms. The van der Waals surface area contributed by atoms with Crippen LogP contribution in [-0.2, 0) is 16.2 Å². The smallest absolute Gasteiger partial charge is 0.301 e. The molecule has 1 aromatic heterocycles. The second kappa shape index (κ2) is 11.4. The number of aliphatic hydroxyl groups excluding tert-OH is 1. The van der Waals surface area contributed by atoms with Gasteiger partial charge in [0.25, 0.3) is 5.78 Å². The lowest BCUT2D eigenvalue weighted by atomic mass is 9.94. The molecule has 1 unspecified atom stereocenters. The monoisotopic (exact) mass is 589 g/mol. The lowest BCUT2D eigenvalue weighted by Crippen LogP contribution is -2.29. The van der Waals surface area contributed by atoms with Gasteiger partial charge in [0.05, 0.1) is 21.8 Å². The fourth-order valence-electron chi connectivity index (χ4n) is 5.27. The third-order valence-electron chi connectivity index (χ3n) is 7.59. The number of benzene rings is 4. The molecule has 6 rings (SSSR count). The Labute approximate surface area is 254 Å². The second-order valence-corrected chi connectivity index (χ2v) is 11.9. The van der Waals surface area contributed by atoms with Gasteiger partial charge < -0.3 is 14.7 Å². The van der Waals surface area contributed by atoms with Crippen LogP contribution in [0.15, 0.2) is 96.6 Å². The number of aryl methyl sites for hydroxylation is 2. The first-order chi connectivity index (χ1) is 20.7. The Balaban J connectivity index is 1.43. The number of hydrogen-bond acceptors (Lipinski definition) is 7. The molecule has 0 aliphatic carbocycles. The van der Waals surface area contributed by atoms with Crippen molar-refractivity contribution < 1.29 is 19.4 Å². The molecule has 2 heterocycles. The number of anilines is 2. The van der Waals surface area contributed by atoms with E-state index < -0.39 is 17.7 Å². The highest BCUT2D eigenvalue weighted by molar-refractivity contribution is 7.22. The van der Waals surface area contributed by atoms with Crippen molar-refractivity contribution in [3.63, 3.8) is 0 Å². The summed E-state index contributed by atoms with van der Waals surface area (Å²) in [5.41, 5.74) is 5.77. The highest BCUT2D eigenvalue weighted by Crippen LogP contribution is 2.45. The van der Waals surface area contributed by atoms with Crippen molar-refractivity contribution in [3.05, 3.63) is 124 Å². The van der Waals surface area contributed by atoms with Gasteiger partial charge in [0.1, 0.15) is 18.1 Å². The van der Waals surface area contributed by atoms with Gasteiger partial charge >= 0.3 is 5.91 Å². The maximum Gasteiger partial charge on any atom is 0.301 e. The molecule has 0 saturated carbocycles. The zero-order valence-electron chi connectivity index (χ0n) is 24.4. The van der Waals surface area contributed by atoms with E-state index in [1.807, 2.05) is 106 Å². The Kier molecular flexibility index (Phi) is 7.46. The molecule has 0 spiro atoms. The van der Waals surface area contributed by atoms with Crippen molar-refractivity contribution in [1.29, 1.82) is 0 Å². The molecule has 5 aromatic rings. The maximum atomic E-state index is 13.7. The molecule has 1 atom stereocenters. The van der Waals surface area contributed by atoms with Crippen LogP contribution in [0.5, 0.6) is 5.75 Å². The summed E-state index contributed by atoms with van der Waals surface area (Å²) in [7, 11) is 3.89. The topological polar surface area (TPSA) is 83.0 Å². The van der Waals surface area contributed by atoms with Gasteiger partial charge in [-0.25, -0.2) is 4.98 Å². The standard InChI is InChI=1S/C35H31N3O4S/c1-21-10-16-27-29(18-21)43-35(36-27)38-31(24-11-14-26(15-12-24)37(3)4)30(33(40)34(38)41)32(39)25-13-17-28(22(2)19-25)42-20-23-8-6-5-7-9-23/h5-19,31,39H,20H2,1-4H3/b32-30+. The first-order valence-corrected chi connectivity index (χ1v) is 14.8. The van der Waals surface area contributed by atoms with Gasteiger partial charge in [-0.3, -0.25) is 14.5 Å². The first-order valence-electron chi connectivity index (χ1n) is 13.9. The number of fused-ring (bicyclic) bond motifs is 1. The zero-order valence-corrected chi connectivity index (χ0v) is 25.2. The molecule has 1 fully saturated rings. The fraction of sp³-hybridized carbons (Fsp3) is 0.171. The molecular weight excluding hydrogens is 558 g/mol. The van der Waals surface area contributed by atoms with E-state index in [9.17, 15) is 14.7 Å². The number of thiazole rings is 1. The fourth-order valence-corrected chi connectivity index (χ4v) is 6.36. The van der Waals surface area contributed by atoms with Gasteiger partial charge in [-0.2, -0.15) is 0 Å². The highest BCUT2D eigenvalue weighted by Gasteiger charge is 2.48. The number of carbonyl (C=O) groups is 2. The van der Waals surface area contributed by atoms with Crippen LogP contribution in [0.4, 0.5) is 10.8 Å². The Morgan fingerprint density at radius 3 is 2.40 bits per heavy atom. The molecule has 4 aromatic carbocycles. The van der Waals surface area contributed by atoms with E-state index in [2.05, 4.69) is 0 Å². The van der Waals surface area contributed by atoms with E-state index in [1.54, 1.807) is 18.2 Å². The van der Waals surface area contributed by atoms with Crippen molar-refractivity contribution in [1.82, 2.24) is 4.98 Å². The van der Waals surface area contributed by atoms with E-state index in [0.29, 0.717) is 28.6 Å². The Morgan fingerprint density at radius 1 is 0.953 bits per heavy atom. The molecule has 1 saturated heterocycles. The third kappa shape index (κ3) is 5.37. The molecule has 1 aliphatic rings. The summed E-state index contributed by atoms with van der Waals surface area (Å²) >= 11 is 1.35. The number of amides is 1. The van der Waals surface area contributed by atoms with E-state index in [4.69, 9.17) is 9.72 Å². The predicted octanol–water partition coefficient (Wildman–Crippen LogP) is 7.18. The molecule has 1 aliphatic heterocycles. The van der Waals surface area contributed by atoms with Crippen molar-refractivity contribution in [2.24, 2.45) is 0 Å². The summed E-state index contributed by atoms with van der Waals surface area (Å²) in [6.45, 7) is 4.29. The average Bonchev–Trinajstić information content (AvgIpc) is 3.53. The van der Waals surface area contributed by atoms with Crippen LogP contribution in [0.25, 0.3) is 16.0 Å². The number of Topliss-reactive ketones (excluding diaryl/α,β-unsaturated/α-hetero) is 1. The number of aromatic nitrogens is 1. The van der Waals surface area contributed by atoms with Gasteiger partial charge in [-0.05, 0) is 78.6 Å². The summed E-state index contributed by atoms with van der Waals surface area (Å²) in [5, 5.41) is 12.1. The SMILES string of the molecule is Cc1ccc2nc(N3C(=O)C(=O)/C(=C(/O)c4ccc(OCc5ccccc5)c(C)c4)C3c3ccc(N(C)C)cc3)sc2c1. The Bertz CT molecular complexity index is 1880. The predicted molar refractivity (Wildman–Crippen MR) is 172 cm³/mol. The number of aliphatic hydroxyl groups is 1. The van der Waals surface area contributed by atoms with Crippen molar-refractivity contribution in [3.8, 4) is 5.75 Å². The molecule has 1 amide bonds. The van der Waals surface area contributed by atoms with Gasteiger partial charge in [-0.1, -0.05) is 59.9 Å². The Morgan fingerprint density at radius 2 is 1.70 bits per heavy atom. The van der Waals surface area contributed by atoms with E-state index in [-0.39, 0.29) is 11.3 Å². The molecule has 0 bridgehead atoms. The summed E-state index contributed by atoms with van der Waals surface area (Å²) < 4.78 is 6.93. The largest absolute Gasteiger partial charge is 0.507 e. The second-order valence-electron chi connectivity index (χ2n) is 10.9. The normalized spacial score (nSPS) is 16.2. The summed E-state index contributed by atoms with van der Waals surface area (Å²) in [5.74, 6) is -1.05. The van der Waals surface area contributed by atoms with Crippen LogP contribution in [0.1, 0.15) is 33.9 Å². The summed E-state index contributed by atoms with van der Waals surface area (Å²) in [6, 6.07) is 27.8. The quantitative estimate of drug-likeness (QED) is 0.123. The highest BCUT2D eigenvalue weighted by atomic mass is 32.1. The minimum absolute atomic E-state index is 0.0235. The molecule has 1 N–H and O–H groups in total. The maximum absolute atomic E-state index is 13.7. The number of ether oxygens (including phenoxy) is 1. The Hall–Kier alpha value is -4.95. The molecule has 216 valence electrons. The first kappa shape index (κ1) is 28.2. The molecule has 43 heavy (non-hydrogen) atoms. The number of carbonyl (C=O) groups excluding carboxylic acids is 2. The number of hydrogen-bond donors (Lipinski definition) is 1. The lowest BCUT2D eigenvalue weighted by molar-refractivity contribution is -0.132. The minimum Gasteiger partial charge on any atom is -0.507 e. The summed E-state index contributed by atoms with van der Waals surface area (Å²) in [4.78, 5) is 35.5. The molecular formula is C35H31N3O4S. The van der Waals surface area contributed by atoms with Crippen LogP contribution >= 0.6 is 11.3 Å². The van der Waals surface area contributed by atoms with E-state index >= 15 is 0 Å². The average molecular weight is 590 g/mol. The third-order valence-corrected chi connectivity index (χ3v) is 8.61. The van der Waals surface area contributed by atoms with Crippen molar-refractivity contribution in [2.75, 3.05) is 23.9 Å². The van der Waals surface area contributed by atoms with Gasteiger partial charge in [-0.15, -0.1) is 0 Å². The molecule has 7 nitrogen and oxygen atoms in total. The van der Waals surface area contributed by atoms with Crippen LogP contribution < -0.4 is 14.5 Å². The van der Waals surface area contributed by atoms with Crippen molar-refractivity contribution >= 4 is 49.8 Å². The van der Waals surface area contributed by atoms with E-state index in [1.165, 1.54) is 16.2 Å². The molecule has 0 radical (unpaired) electrons. The van der Waals surface area contributed by atoms with Crippen LogP contribution in [0, 0.1) is 13.8 Å². The number of nitrogens with zero attached hydrogens (tertiary/aromatic N) is 3. The van der Waals surface area contributed by atoms with Gasteiger partial charge in [0, 0.05) is 25.3 Å². The van der Waals surface area contributed by atoms with Crippen LogP contribution in [-0.4, -0.2) is 35.9 Å². The van der Waals surface area contributed by atoms with Crippen LogP contribution in [0.3, 0.4) is 0 Å². The lowest BCUT2D eigenvalue weighted by Gasteiger charge is -2.24.